The number of carbonyl (C=O) groups is 2. The molecular weight excluding hydrogens is 244 g/mol. The van der Waals surface area contributed by atoms with Gasteiger partial charge in [-0.3, -0.25) is 15.0 Å². The van der Waals surface area contributed by atoms with E-state index in [9.17, 15) is 9.59 Å². The molecule has 6 nitrogen and oxygen atoms in total. The highest BCUT2D eigenvalue weighted by Gasteiger charge is 2.08. The fourth-order valence-corrected chi connectivity index (χ4v) is 1.75. The molecule has 1 aromatic carbocycles. The second-order valence-electron chi connectivity index (χ2n) is 4.01. The van der Waals surface area contributed by atoms with Gasteiger partial charge in [-0.15, -0.1) is 0 Å². The standard InChI is InChI=1S/C13H20N4O2/c1-3-17(4-2)11-7-5-10(6-8-11)15-12(18)9-13(19)16-14/h5-8H,3-4,9,14H2,1-2H3,(H,15,18)(H,16,19). The summed E-state index contributed by atoms with van der Waals surface area (Å²) in [5.41, 5.74) is 3.67. The maximum absolute atomic E-state index is 11.5. The number of hydrogen-bond donors (Lipinski definition) is 3. The van der Waals surface area contributed by atoms with Crippen molar-refractivity contribution in [2.75, 3.05) is 23.3 Å². The Balaban J connectivity index is 2.61. The van der Waals surface area contributed by atoms with Crippen LogP contribution in [0.1, 0.15) is 20.3 Å². The molecule has 0 atom stereocenters. The maximum atomic E-state index is 11.5. The minimum Gasteiger partial charge on any atom is -0.372 e. The second kappa shape index (κ2) is 7.38. The van der Waals surface area contributed by atoms with Gasteiger partial charge in [-0.25, -0.2) is 5.84 Å². The van der Waals surface area contributed by atoms with Gasteiger partial charge in [0.25, 0.3) is 0 Å². The fourth-order valence-electron chi connectivity index (χ4n) is 1.75. The molecule has 0 heterocycles. The number of hydrazine groups is 1. The SMILES string of the molecule is CCN(CC)c1ccc(NC(=O)CC(=O)NN)cc1. The van der Waals surface area contributed by atoms with Gasteiger partial charge in [0.05, 0.1) is 0 Å². The summed E-state index contributed by atoms with van der Waals surface area (Å²) in [7, 11) is 0. The molecule has 2 amide bonds. The molecule has 104 valence electrons. The Morgan fingerprint density at radius 3 is 2.16 bits per heavy atom. The van der Waals surface area contributed by atoms with Crippen LogP contribution in [0.2, 0.25) is 0 Å². The molecule has 0 bridgehead atoms. The topological polar surface area (TPSA) is 87.5 Å². The van der Waals surface area contributed by atoms with Crippen molar-refractivity contribution in [3.63, 3.8) is 0 Å². The predicted molar refractivity (Wildman–Crippen MR) is 75.6 cm³/mol. The molecule has 1 rings (SSSR count). The van der Waals surface area contributed by atoms with Crippen LogP contribution in [0.4, 0.5) is 11.4 Å². The van der Waals surface area contributed by atoms with Crippen molar-refractivity contribution in [1.82, 2.24) is 5.43 Å². The number of rotatable bonds is 6. The third-order valence-corrected chi connectivity index (χ3v) is 2.76. The maximum Gasteiger partial charge on any atom is 0.243 e. The minimum atomic E-state index is -0.516. The lowest BCUT2D eigenvalue weighted by atomic mass is 10.2. The van der Waals surface area contributed by atoms with Crippen molar-refractivity contribution < 1.29 is 9.59 Å². The molecule has 4 N–H and O–H groups in total. The molecule has 0 spiro atoms. The Morgan fingerprint density at radius 2 is 1.68 bits per heavy atom. The van der Waals surface area contributed by atoms with E-state index in [0.717, 1.165) is 18.8 Å². The first-order valence-corrected chi connectivity index (χ1v) is 6.25. The monoisotopic (exact) mass is 264 g/mol. The van der Waals surface area contributed by atoms with E-state index in [0.29, 0.717) is 5.69 Å². The lowest BCUT2D eigenvalue weighted by Crippen LogP contribution is -2.33. The van der Waals surface area contributed by atoms with E-state index >= 15 is 0 Å². The number of nitrogens with two attached hydrogens (primary N) is 1. The molecule has 0 unspecified atom stereocenters. The lowest BCUT2D eigenvalue weighted by Gasteiger charge is -2.21. The Labute approximate surface area is 112 Å². The number of hydrogen-bond acceptors (Lipinski definition) is 4. The van der Waals surface area contributed by atoms with Crippen molar-refractivity contribution in [2.24, 2.45) is 5.84 Å². The van der Waals surface area contributed by atoms with E-state index in [-0.39, 0.29) is 6.42 Å². The number of nitrogens with one attached hydrogen (secondary N) is 2. The normalized spacial score (nSPS) is 9.84. The Hall–Kier alpha value is -2.08. The average Bonchev–Trinajstić information content (AvgIpc) is 2.41. The van der Waals surface area contributed by atoms with Crippen LogP contribution < -0.4 is 21.5 Å². The zero-order valence-corrected chi connectivity index (χ0v) is 11.3. The molecule has 0 saturated heterocycles. The van der Waals surface area contributed by atoms with Crippen LogP contribution in [0.25, 0.3) is 0 Å². The molecular formula is C13H20N4O2. The lowest BCUT2D eigenvalue weighted by molar-refractivity contribution is -0.126. The van der Waals surface area contributed by atoms with Crippen LogP contribution >= 0.6 is 0 Å². The van der Waals surface area contributed by atoms with Gasteiger partial charge in [-0.05, 0) is 38.1 Å². The van der Waals surface area contributed by atoms with E-state index in [4.69, 9.17) is 5.84 Å². The average molecular weight is 264 g/mol. The first-order chi connectivity index (χ1) is 9.10. The summed E-state index contributed by atoms with van der Waals surface area (Å²) < 4.78 is 0. The van der Waals surface area contributed by atoms with Gasteiger partial charge in [0, 0.05) is 24.5 Å². The number of amides is 2. The van der Waals surface area contributed by atoms with Gasteiger partial charge in [-0.2, -0.15) is 0 Å². The van der Waals surface area contributed by atoms with E-state index in [1.807, 2.05) is 29.7 Å². The molecule has 0 saturated carbocycles. The number of anilines is 2. The highest BCUT2D eigenvalue weighted by atomic mass is 16.2. The third kappa shape index (κ3) is 4.59. The zero-order valence-electron chi connectivity index (χ0n) is 11.3. The van der Waals surface area contributed by atoms with Crippen molar-refractivity contribution in [3.8, 4) is 0 Å². The van der Waals surface area contributed by atoms with Crippen LogP contribution in [-0.4, -0.2) is 24.9 Å². The molecule has 0 fully saturated rings. The fraction of sp³-hybridized carbons (Fsp3) is 0.385. The summed E-state index contributed by atoms with van der Waals surface area (Å²) in [6.07, 6.45) is -0.283. The van der Waals surface area contributed by atoms with Gasteiger partial charge in [0.1, 0.15) is 6.42 Å². The van der Waals surface area contributed by atoms with E-state index in [2.05, 4.69) is 24.1 Å². The molecule has 0 aliphatic heterocycles. The Morgan fingerprint density at radius 1 is 1.11 bits per heavy atom. The summed E-state index contributed by atoms with van der Waals surface area (Å²) in [4.78, 5) is 24.6. The molecule has 0 aliphatic rings. The van der Waals surface area contributed by atoms with Gasteiger partial charge < -0.3 is 10.2 Å². The summed E-state index contributed by atoms with van der Waals surface area (Å²) in [5.74, 6) is 4.01. The quantitative estimate of drug-likeness (QED) is 0.308. The van der Waals surface area contributed by atoms with Crippen LogP contribution in [0.15, 0.2) is 24.3 Å². The van der Waals surface area contributed by atoms with Gasteiger partial charge in [-0.1, -0.05) is 0 Å². The zero-order chi connectivity index (χ0) is 14.3. The summed E-state index contributed by atoms with van der Waals surface area (Å²) in [6, 6.07) is 7.50. The minimum absolute atomic E-state index is 0.283. The second-order valence-corrected chi connectivity index (χ2v) is 4.01. The van der Waals surface area contributed by atoms with Crippen molar-refractivity contribution in [3.05, 3.63) is 24.3 Å². The molecule has 1 aromatic rings. The predicted octanol–water partition coefficient (Wildman–Crippen LogP) is 0.851. The summed E-state index contributed by atoms with van der Waals surface area (Å²) >= 11 is 0. The largest absolute Gasteiger partial charge is 0.372 e. The highest BCUT2D eigenvalue weighted by Crippen LogP contribution is 2.17. The number of carbonyl (C=O) groups excluding carboxylic acids is 2. The number of nitrogens with zero attached hydrogens (tertiary/aromatic N) is 1. The van der Waals surface area contributed by atoms with Gasteiger partial charge >= 0.3 is 0 Å². The molecule has 0 aromatic heterocycles. The Bertz CT molecular complexity index is 427. The number of benzene rings is 1. The van der Waals surface area contributed by atoms with E-state index in [1.54, 1.807) is 0 Å². The molecule has 0 aliphatic carbocycles. The van der Waals surface area contributed by atoms with Crippen molar-refractivity contribution >= 4 is 23.2 Å². The van der Waals surface area contributed by atoms with E-state index < -0.39 is 11.8 Å². The van der Waals surface area contributed by atoms with Crippen LogP contribution in [0.3, 0.4) is 0 Å². The van der Waals surface area contributed by atoms with Crippen molar-refractivity contribution in [2.45, 2.75) is 20.3 Å². The van der Waals surface area contributed by atoms with E-state index in [1.165, 1.54) is 0 Å². The van der Waals surface area contributed by atoms with Gasteiger partial charge in [0.2, 0.25) is 11.8 Å². The van der Waals surface area contributed by atoms with Crippen LogP contribution in [0.5, 0.6) is 0 Å². The smallest absolute Gasteiger partial charge is 0.243 e. The summed E-state index contributed by atoms with van der Waals surface area (Å²) in [5, 5.41) is 2.64. The Kier molecular flexibility index (Phi) is 5.81. The van der Waals surface area contributed by atoms with Crippen LogP contribution in [-0.2, 0) is 9.59 Å². The van der Waals surface area contributed by atoms with Crippen molar-refractivity contribution in [1.29, 1.82) is 0 Å². The summed E-state index contributed by atoms with van der Waals surface area (Å²) in [6.45, 7) is 6.03. The highest BCUT2D eigenvalue weighted by molar-refractivity contribution is 6.03. The molecule has 0 radical (unpaired) electrons. The third-order valence-electron chi connectivity index (χ3n) is 2.76. The molecule has 19 heavy (non-hydrogen) atoms. The molecule has 6 heteroatoms. The first-order valence-electron chi connectivity index (χ1n) is 6.25. The van der Waals surface area contributed by atoms with Gasteiger partial charge in [0.15, 0.2) is 0 Å². The van der Waals surface area contributed by atoms with Crippen LogP contribution in [0, 0.1) is 0 Å². The first kappa shape index (κ1) is 15.0.